The summed E-state index contributed by atoms with van der Waals surface area (Å²) < 4.78 is 12.9. The highest BCUT2D eigenvalue weighted by molar-refractivity contribution is 7.71. The Bertz CT molecular complexity index is 772. The molecule has 2 aromatic rings. The lowest BCUT2D eigenvalue weighted by atomic mass is 10.2. The molecule has 4 N–H and O–H groups in total. The quantitative estimate of drug-likeness (QED) is 0.542. The van der Waals surface area contributed by atoms with Crippen molar-refractivity contribution in [1.29, 1.82) is 0 Å². The molecule has 1 saturated heterocycles. The summed E-state index contributed by atoms with van der Waals surface area (Å²) in [5.74, 6) is -0.247. The van der Waals surface area contributed by atoms with Crippen molar-refractivity contribution in [1.82, 2.24) is 19.5 Å². The Morgan fingerprint density at radius 2 is 2.50 bits per heavy atom. The van der Waals surface area contributed by atoms with E-state index in [0.29, 0.717) is 22.2 Å². The average Bonchev–Trinajstić information content (AvgIpc) is 3.01. The number of nitrogens with two attached hydrogens (primary N) is 1. The van der Waals surface area contributed by atoms with Gasteiger partial charge in [0.25, 0.3) is 0 Å². The Kier molecular flexibility index (Phi) is 3.81. The molecule has 0 amide bonds. The lowest BCUT2D eigenvalue weighted by Gasteiger charge is -2.15. The fraction of sp³-hybridized carbons (Fsp3) is 0.500. The standard InChI is InChI=1S/C12H15N5O4S/c1-5(19)20-6-2-8(21-7(6)3-18)17-4-14-9-10(17)15-12(13)16-11(9)22/h4,6-8,18H,2-3H2,1H3,(H3,13,15,16,22). The molecular formula is C12H15N5O4S. The molecule has 0 saturated carbocycles. The van der Waals surface area contributed by atoms with E-state index in [1.54, 1.807) is 10.9 Å². The Morgan fingerprint density at radius 1 is 1.73 bits per heavy atom. The van der Waals surface area contributed by atoms with Crippen molar-refractivity contribution in [3.63, 3.8) is 0 Å². The summed E-state index contributed by atoms with van der Waals surface area (Å²) in [4.78, 5) is 22.2. The number of fused-ring (bicyclic) bond motifs is 1. The van der Waals surface area contributed by atoms with E-state index in [2.05, 4.69) is 15.0 Å². The lowest BCUT2D eigenvalue weighted by Crippen LogP contribution is -2.29. The first-order valence-electron chi connectivity index (χ1n) is 6.65. The molecule has 9 nitrogen and oxygen atoms in total. The highest BCUT2D eigenvalue weighted by Crippen LogP contribution is 2.32. The molecule has 3 heterocycles. The molecule has 3 unspecified atom stereocenters. The fourth-order valence-electron chi connectivity index (χ4n) is 2.54. The van der Waals surface area contributed by atoms with Gasteiger partial charge in [0.15, 0.2) is 10.6 Å². The second-order valence-corrected chi connectivity index (χ2v) is 5.36. The van der Waals surface area contributed by atoms with Gasteiger partial charge in [0.2, 0.25) is 0 Å². The Labute approximate surface area is 130 Å². The van der Waals surface area contributed by atoms with Gasteiger partial charge in [-0.05, 0) is 0 Å². The SMILES string of the molecule is CC(=O)OC1CC(n2cnc3c(=S)nc(N)[nH]c32)OC1CO. The molecule has 0 radical (unpaired) electrons. The minimum Gasteiger partial charge on any atom is -0.460 e. The van der Waals surface area contributed by atoms with Gasteiger partial charge in [-0.15, -0.1) is 0 Å². The highest BCUT2D eigenvalue weighted by Gasteiger charge is 2.38. The number of imidazole rings is 1. The number of hydrogen-bond acceptors (Lipinski definition) is 8. The maximum absolute atomic E-state index is 11.1. The van der Waals surface area contributed by atoms with Gasteiger partial charge in [-0.25, -0.2) is 9.97 Å². The molecule has 3 atom stereocenters. The smallest absolute Gasteiger partial charge is 0.302 e. The summed E-state index contributed by atoms with van der Waals surface area (Å²) in [6.07, 6.45) is 0.367. The van der Waals surface area contributed by atoms with E-state index < -0.39 is 24.4 Å². The number of rotatable bonds is 3. The third-order valence-electron chi connectivity index (χ3n) is 3.45. The van der Waals surface area contributed by atoms with Gasteiger partial charge in [-0.3, -0.25) is 9.36 Å². The topological polar surface area (TPSA) is 128 Å². The number of carbonyl (C=O) groups is 1. The van der Waals surface area contributed by atoms with E-state index in [-0.39, 0.29) is 12.6 Å². The third kappa shape index (κ3) is 2.56. The van der Waals surface area contributed by atoms with Crippen molar-refractivity contribution in [2.45, 2.75) is 31.8 Å². The number of aliphatic hydroxyl groups excluding tert-OH is 1. The third-order valence-corrected chi connectivity index (χ3v) is 3.74. The van der Waals surface area contributed by atoms with Crippen molar-refractivity contribution in [2.75, 3.05) is 12.3 Å². The summed E-state index contributed by atoms with van der Waals surface area (Å²) in [6, 6.07) is 0. The van der Waals surface area contributed by atoms with Gasteiger partial charge in [0.1, 0.15) is 29.6 Å². The van der Waals surface area contributed by atoms with Crippen molar-refractivity contribution < 1.29 is 19.4 Å². The first-order chi connectivity index (χ1) is 10.5. The zero-order valence-electron chi connectivity index (χ0n) is 11.7. The molecular weight excluding hydrogens is 310 g/mol. The number of nitrogens with one attached hydrogen (secondary N) is 1. The summed E-state index contributed by atoms with van der Waals surface area (Å²) in [6.45, 7) is 1.07. The van der Waals surface area contributed by atoms with Gasteiger partial charge in [-0.1, -0.05) is 12.2 Å². The second kappa shape index (κ2) is 5.63. The normalized spacial score (nSPS) is 24.7. The minimum atomic E-state index is -0.589. The number of nitrogens with zero attached hydrogens (tertiary/aromatic N) is 3. The van der Waals surface area contributed by atoms with Crippen LogP contribution in [-0.4, -0.2) is 49.4 Å². The van der Waals surface area contributed by atoms with Crippen LogP contribution in [0.25, 0.3) is 11.2 Å². The number of esters is 1. The van der Waals surface area contributed by atoms with Crippen molar-refractivity contribution >= 4 is 35.3 Å². The molecule has 1 aliphatic rings. The maximum atomic E-state index is 11.1. The van der Waals surface area contributed by atoms with Crippen LogP contribution in [0.1, 0.15) is 19.6 Å². The van der Waals surface area contributed by atoms with Gasteiger partial charge >= 0.3 is 5.97 Å². The van der Waals surface area contributed by atoms with E-state index in [9.17, 15) is 9.90 Å². The second-order valence-electron chi connectivity index (χ2n) is 4.97. The number of nitrogen functional groups attached to an aromatic ring is 1. The van der Waals surface area contributed by atoms with Crippen molar-refractivity contribution in [3.05, 3.63) is 11.0 Å². The molecule has 22 heavy (non-hydrogen) atoms. The van der Waals surface area contributed by atoms with Crippen LogP contribution >= 0.6 is 12.2 Å². The zero-order chi connectivity index (χ0) is 15.9. The monoisotopic (exact) mass is 325 g/mol. The van der Waals surface area contributed by atoms with Gasteiger partial charge in [-0.2, -0.15) is 0 Å². The van der Waals surface area contributed by atoms with Crippen LogP contribution in [0.2, 0.25) is 0 Å². The van der Waals surface area contributed by atoms with E-state index >= 15 is 0 Å². The lowest BCUT2D eigenvalue weighted by molar-refractivity contribution is -0.150. The molecule has 1 aliphatic heterocycles. The van der Waals surface area contributed by atoms with Crippen LogP contribution in [-0.2, 0) is 14.3 Å². The number of anilines is 1. The van der Waals surface area contributed by atoms with E-state index in [0.717, 1.165) is 0 Å². The minimum absolute atomic E-state index is 0.174. The first kappa shape index (κ1) is 14.9. The number of aromatic nitrogens is 4. The number of aliphatic hydroxyl groups is 1. The number of carbonyl (C=O) groups excluding carboxylic acids is 1. The predicted molar refractivity (Wildman–Crippen MR) is 78.3 cm³/mol. The first-order valence-corrected chi connectivity index (χ1v) is 7.06. The number of H-pyrrole nitrogens is 1. The molecule has 0 aliphatic carbocycles. The maximum Gasteiger partial charge on any atom is 0.302 e. The van der Waals surface area contributed by atoms with Crippen LogP contribution in [0, 0.1) is 4.64 Å². The molecule has 118 valence electrons. The van der Waals surface area contributed by atoms with E-state index in [4.69, 9.17) is 27.4 Å². The van der Waals surface area contributed by atoms with Gasteiger partial charge < -0.3 is 25.3 Å². The molecule has 10 heteroatoms. The van der Waals surface area contributed by atoms with E-state index in [1.807, 2.05) is 0 Å². The largest absolute Gasteiger partial charge is 0.460 e. The Balaban J connectivity index is 1.95. The average molecular weight is 325 g/mol. The number of ether oxygens (including phenoxy) is 2. The Morgan fingerprint density at radius 3 is 3.18 bits per heavy atom. The van der Waals surface area contributed by atoms with Gasteiger partial charge in [0, 0.05) is 13.3 Å². The highest BCUT2D eigenvalue weighted by atomic mass is 32.1. The molecule has 0 spiro atoms. The fourth-order valence-corrected chi connectivity index (χ4v) is 2.79. The summed E-state index contributed by atoms with van der Waals surface area (Å²) >= 11 is 5.12. The van der Waals surface area contributed by atoms with Crippen LogP contribution in [0.5, 0.6) is 0 Å². The van der Waals surface area contributed by atoms with Crippen LogP contribution in [0.3, 0.4) is 0 Å². The molecule has 3 rings (SSSR count). The number of aromatic amines is 1. The molecule has 0 aromatic carbocycles. The molecule has 0 bridgehead atoms. The van der Waals surface area contributed by atoms with Gasteiger partial charge in [0.05, 0.1) is 12.9 Å². The van der Waals surface area contributed by atoms with Crippen LogP contribution < -0.4 is 5.73 Å². The molecule has 2 aromatic heterocycles. The van der Waals surface area contributed by atoms with Crippen LogP contribution in [0.15, 0.2) is 6.33 Å². The number of hydrogen-bond donors (Lipinski definition) is 3. The van der Waals surface area contributed by atoms with Crippen LogP contribution in [0.4, 0.5) is 5.95 Å². The predicted octanol–water partition coefficient (Wildman–Crippen LogP) is 0.283. The summed E-state index contributed by atoms with van der Waals surface area (Å²) in [5.41, 5.74) is 6.75. The summed E-state index contributed by atoms with van der Waals surface area (Å²) in [7, 11) is 0. The zero-order valence-corrected chi connectivity index (χ0v) is 12.5. The van der Waals surface area contributed by atoms with Crippen molar-refractivity contribution in [2.24, 2.45) is 0 Å². The Hall–Kier alpha value is -2.04. The van der Waals surface area contributed by atoms with Crippen molar-refractivity contribution in [3.8, 4) is 0 Å². The molecule has 1 fully saturated rings. The summed E-state index contributed by atoms with van der Waals surface area (Å²) in [5, 5.41) is 9.37. The van der Waals surface area contributed by atoms with E-state index in [1.165, 1.54) is 6.92 Å².